The summed E-state index contributed by atoms with van der Waals surface area (Å²) in [7, 11) is -1.09. The van der Waals surface area contributed by atoms with Crippen LogP contribution in [0.4, 0.5) is 0 Å². The Morgan fingerprint density at radius 1 is 1.58 bits per heavy atom. The predicted molar refractivity (Wildman–Crippen MR) is 48.5 cm³/mol. The Bertz CT molecular complexity index is 370. The van der Waals surface area contributed by atoms with Crippen molar-refractivity contribution in [3.05, 3.63) is 28.8 Å². The summed E-state index contributed by atoms with van der Waals surface area (Å²) in [6.07, 6.45) is 1.55. The Labute approximate surface area is 78.2 Å². The number of hydrogen-bond acceptors (Lipinski definition) is 2. The van der Waals surface area contributed by atoms with Gasteiger partial charge in [-0.3, -0.25) is 4.21 Å². The van der Waals surface area contributed by atoms with Crippen molar-refractivity contribution in [2.45, 2.75) is 4.90 Å². The molecule has 2 nitrogen and oxygen atoms in total. The van der Waals surface area contributed by atoms with E-state index in [-0.39, 0.29) is 0 Å². The molecule has 0 bridgehead atoms. The molecule has 4 heteroatoms. The highest BCUT2D eigenvalue weighted by Gasteiger charge is 2.04. The number of hydrogen-bond donors (Lipinski definition) is 0. The Hall–Kier alpha value is -0.850. The second kappa shape index (κ2) is 3.70. The van der Waals surface area contributed by atoms with Crippen molar-refractivity contribution in [1.82, 2.24) is 0 Å². The third kappa shape index (κ3) is 1.84. The van der Waals surface area contributed by atoms with Crippen LogP contribution >= 0.6 is 11.6 Å². The van der Waals surface area contributed by atoms with E-state index < -0.39 is 10.8 Å². The minimum atomic E-state index is -1.09. The van der Waals surface area contributed by atoms with Crippen LogP contribution in [-0.4, -0.2) is 10.5 Å². The van der Waals surface area contributed by atoms with Crippen molar-refractivity contribution in [3.63, 3.8) is 0 Å². The lowest BCUT2D eigenvalue weighted by atomic mass is 10.2. The van der Waals surface area contributed by atoms with Gasteiger partial charge in [0.15, 0.2) is 0 Å². The molecule has 0 aromatic heterocycles. The maximum Gasteiger partial charge on any atom is 0.0992 e. The van der Waals surface area contributed by atoms with E-state index in [1.54, 1.807) is 18.4 Å². The lowest BCUT2D eigenvalue weighted by molar-refractivity contribution is 0.687. The highest BCUT2D eigenvalue weighted by Crippen LogP contribution is 2.19. The molecule has 0 fully saturated rings. The van der Waals surface area contributed by atoms with Crippen LogP contribution in [0.15, 0.2) is 23.1 Å². The fourth-order valence-corrected chi connectivity index (χ4v) is 1.90. The first-order valence-corrected chi connectivity index (χ1v) is 5.12. The zero-order chi connectivity index (χ0) is 9.14. The molecule has 0 amide bonds. The molecule has 0 radical (unpaired) electrons. The van der Waals surface area contributed by atoms with Gasteiger partial charge in [-0.15, -0.1) is 0 Å². The van der Waals surface area contributed by atoms with Crippen molar-refractivity contribution in [2.24, 2.45) is 0 Å². The molecular formula is C8H6ClNOS. The molecule has 0 N–H and O–H groups in total. The van der Waals surface area contributed by atoms with Gasteiger partial charge in [-0.05, 0) is 18.2 Å². The van der Waals surface area contributed by atoms with E-state index in [0.29, 0.717) is 15.5 Å². The summed E-state index contributed by atoms with van der Waals surface area (Å²) in [5.74, 6) is 0. The Morgan fingerprint density at radius 3 is 2.67 bits per heavy atom. The molecule has 1 aromatic rings. The normalized spacial score (nSPS) is 12.1. The monoisotopic (exact) mass is 199 g/mol. The number of halogens is 1. The summed E-state index contributed by atoms with van der Waals surface area (Å²) in [6.45, 7) is 0. The van der Waals surface area contributed by atoms with Crippen LogP contribution in [0, 0.1) is 11.3 Å². The largest absolute Gasteiger partial charge is 0.255 e. The van der Waals surface area contributed by atoms with Crippen LogP contribution in [0.5, 0.6) is 0 Å². The summed E-state index contributed by atoms with van der Waals surface area (Å²) in [5, 5.41) is 8.89. The summed E-state index contributed by atoms with van der Waals surface area (Å²) in [6, 6.07) is 6.67. The smallest absolute Gasteiger partial charge is 0.0992 e. The SMILES string of the molecule is CS(=O)c1ccc(C#N)cc1Cl. The Kier molecular flexibility index (Phi) is 2.85. The molecule has 62 valence electrons. The second-order valence-corrected chi connectivity index (χ2v) is 3.97. The number of benzene rings is 1. The molecule has 12 heavy (non-hydrogen) atoms. The van der Waals surface area contributed by atoms with Crippen LogP contribution in [-0.2, 0) is 10.8 Å². The predicted octanol–water partition coefficient (Wildman–Crippen LogP) is 1.95. The molecule has 1 aromatic carbocycles. The average Bonchev–Trinajstić information content (AvgIpc) is 2.03. The maximum atomic E-state index is 11.0. The first-order chi connectivity index (χ1) is 5.65. The third-order valence-corrected chi connectivity index (χ3v) is 2.77. The lowest BCUT2D eigenvalue weighted by Crippen LogP contribution is -1.88. The zero-order valence-corrected chi connectivity index (χ0v) is 7.95. The van der Waals surface area contributed by atoms with Crippen molar-refractivity contribution >= 4 is 22.4 Å². The molecule has 0 saturated carbocycles. The van der Waals surface area contributed by atoms with Gasteiger partial charge in [0.05, 0.1) is 32.4 Å². The summed E-state index contributed by atoms with van der Waals surface area (Å²) >= 11 is 5.76. The van der Waals surface area contributed by atoms with Gasteiger partial charge in [-0.2, -0.15) is 5.26 Å². The topological polar surface area (TPSA) is 40.9 Å². The molecule has 0 saturated heterocycles. The third-order valence-electron chi connectivity index (χ3n) is 1.37. The molecule has 0 heterocycles. The lowest BCUT2D eigenvalue weighted by Gasteiger charge is -1.98. The minimum absolute atomic E-state index is 0.384. The highest BCUT2D eigenvalue weighted by atomic mass is 35.5. The van der Waals surface area contributed by atoms with Gasteiger partial charge in [0.25, 0.3) is 0 Å². The Balaban J connectivity index is 3.23. The van der Waals surface area contributed by atoms with Gasteiger partial charge in [0, 0.05) is 6.26 Å². The van der Waals surface area contributed by atoms with E-state index in [0.717, 1.165) is 0 Å². The zero-order valence-electron chi connectivity index (χ0n) is 6.37. The highest BCUT2D eigenvalue weighted by molar-refractivity contribution is 7.84. The van der Waals surface area contributed by atoms with Crippen molar-refractivity contribution < 1.29 is 4.21 Å². The number of nitrogens with zero attached hydrogens (tertiary/aromatic N) is 1. The van der Waals surface area contributed by atoms with Gasteiger partial charge in [0.1, 0.15) is 0 Å². The first-order valence-electron chi connectivity index (χ1n) is 3.18. The Morgan fingerprint density at radius 2 is 2.25 bits per heavy atom. The van der Waals surface area contributed by atoms with Crippen LogP contribution in [0.1, 0.15) is 5.56 Å². The molecule has 1 rings (SSSR count). The van der Waals surface area contributed by atoms with Gasteiger partial charge < -0.3 is 0 Å². The number of rotatable bonds is 1. The molecule has 1 unspecified atom stereocenters. The van der Waals surface area contributed by atoms with Gasteiger partial charge in [-0.1, -0.05) is 11.6 Å². The van der Waals surface area contributed by atoms with Crippen LogP contribution in [0.2, 0.25) is 5.02 Å². The van der Waals surface area contributed by atoms with E-state index in [1.165, 1.54) is 6.07 Å². The van der Waals surface area contributed by atoms with Gasteiger partial charge in [-0.25, -0.2) is 0 Å². The summed E-state index contributed by atoms with van der Waals surface area (Å²) < 4.78 is 11.0. The van der Waals surface area contributed by atoms with E-state index in [2.05, 4.69) is 0 Å². The molecule has 0 aliphatic carbocycles. The first kappa shape index (κ1) is 9.24. The fourth-order valence-electron chi connectivity index (χ4n) is 0.804. The minimum Gasteiger partial charge on any atom is -0.255 e. The fraction of sp³-hybridized carbons (Fsp3) is 0.125. The van der Waals surface area contributed by atoms with Crippen LogP contribution < -0.4 is 0 Å². The van der Waals surface area contributed by atoms with Crippen molar-refractivity contribution in [2.75, 3.05) is 6.26 Å². The van der Waals surface area contributed by atoms with E-state index in [1.807, 2.05) is 6.07 Å². The number of nitriles is 1. The van der Waals surface area contributed by atoms with Crippen LogP contribution in [0.3, 0.4) is 0 Å². The molecule has 1 atom stereocenters. The van der Waals surface area contributed by atoms with Gasteiger partial charge in [0.2, 0.25) is 0 Å². The van der Waals surface area contributed by atoms with E-state index >= 15 is 0 Å². The maximum absolute atomic E-state index is 11.0. The average molecular weight is 200 g/mol. The summed E-state index contributed by atoms with van der Waals surface area (Å²) in [4.78, 5) is 0.565. The standard InChI is InChI=1S/C8H6ClNOS/c1-12(11)8-3-2-6(5-10)4-7(8)9/h2-4H,1H3. The second-order valence-electron chi connectivity index (χ2n) is 2.21. The molecule has 0 aliphatic heterocycles. The molecule has 0 spiro atoms. The van der Waals surface area contributed by atoms with Crippen molar-refractivity contribution in [1.29, 1.82) is 5.26 Å². The van der Waals surface area contributed by atoms with Gasteiger partial charge >= 0.3 is 0 Å². The van der Waals surface area contributed by atoms with Crippen molar-refractivity contribution in [3.8, 4) is 6.07 Å². The van der Waals surface area contributed by atoms with Crippen LogP contribution in [0.25, 0.3) is 0 Å². The molecule has 0 aliphatic rings. The van der Waals surface area contributed by atoms with E-state index in [9.17, 15) is 4.21 Å². The van der Waals surface area contributed by atoms with E-state index in [4.69, 9.17) is 16.9 Å². The quantitative estimate of drug-likeness (QED) is 0.694. The summed E-state index contributed by atoms with van der Waals surface area (Å²) in [5.41, 5.74) is 0.481. The molecular weight excluding hydrogens is 194 g/mol.